The second-order valence-corrected chi connectivity index (χ2v) is 8.26. The fourth-order valence-corrected chi connectivity index (χ4v) is 4.64. The van der Waals surface area contributed by atoms with Crippen LogP contribution in [0.25, 0.3) is 0 Å². The Morgan fingerprint density at radius 3 is 2.65 bits per heavy atom. The van der Waals surface area contributed by atoms with E-state index < -0.39 is 0 Å². The summed E-state index contributed by atoms with van der Waals surface area (Å²) in [6.45, 7) is 3.52. The smallest absolute Gasteiger partial charge is 0.317 e. The van der Waals surface area contributed by atoms with Crippen LogP contribution >= 0.6 is 22.9 Å². The number of anilines is 1. The lowest BCUT2D eigenvalue weighted by Gasteiger charge is -2.40. The molecule has 0 spiro atoms. The Kier molecular flexibility index (Phi) is 5.26. The number of rotatable bonds is 4. The number of halogens is 1. The van der Waals surface area contributed by atoms with Crippen molar-refractivity contribution in [2.24, 2.45) is 0 Å². The molecule has 2 aliphatic heterocycles. The van der Waals surface area contributed by atoms with Crippen molar-refractivity contribution >= 4 is 34.1 Å². The molecular formula is C18H22ClN5OS. The summed E-state index contributed by atoms with van der Waals surface area (Å²) in [5.74, 6) is 0. The van der Waals surface area contributed by atoms with Crippen LogP contribution in [0.3, 0.4) is 0 Å². The highest BCUT2D eigenvalue weighted by Crippen LogP contribution is 2.27. The van der Waals surface area contributed by atoms with Gasteiger partial charge in [0, 0.05) is 43.7 Å². The van der Waals surface area contributed by atoms with E-state index in [1.54, 1.807) is 11.3 Å². The van der Waals surface area contributed by atoms with E-state index in [2.05, 4.69) is 20.4 Å². The Bertz CT molecular complexity index is 757. The number of hydrogen-bond acceptors (Lipinski definition) is 5. The Labute approximate surface area is 162 Å². The molecule has 0 atom stereocenters. The normalized spacial score (nSPS) is 18.9. The van der Waals surface area contributed by atoms with Gasteiger partial charge in [0.15, 0.2) is 0 Å². The molecule has 2 amide bonds. The molecule has 1 N–H and O–H groups in total. The molecule has 1 aromatic carbocycles. The maximum absolute atomic E-state index is 12.0. The van der Waals surface area contributed by atoms with E-state index >= 15 is 0 Å². The summed E-state index contributed by atoms with van der Waals surface area (Å²) >= 11 is 7.59. The minimum Gasteiger partial charge on any atom is -0.347 e. The van der Waals surface area contributed by atoms with Gasteiger partial charge in [0.1, 0.15) is 5.01 Å². The van der Waals surface area contributed by atoms with E-state index in [4.69, 9.17) is 11.6 Å². The Morgan fingerprint density at radius 1 is 1.15 bits per heavy atom. The van der Waals surface area contributed by atoms with Crippen LogP contribution in [-0.2, 0) is 6.42 Å². The van der Waals surface area contributed by atoms with Gasteiger partial charge < -0.3 is 15.1 Å². The van der Waals surface area contributed by atoms with Gasteiger partial charge in [-0.3, -0.25) is 0 Å². The molecule has 3 heterocycles. The monoisotopic (exact) mass is 391 g/mol. The van der Waals surface area contributed by atoms with Crippen molar-refractivity contribution in [3.05, 3.63) is 39.9 Å². The highest BCUT2D eigenvalue weighted by Gasteiger charge is 2.30. The van der Waals surface area contributed by atoms with Gasteiger partial charge in [0.25, 0.3) is 0 Å². The third-order valence-electron chi connectivity index (χ3n) is 5.01. The molecule has 2 aliphatic rings. The van der Waals surface area contributed by atoms with Crippen LogP contribution in [0.4, 0.5) is 9.93 Å². The van der Waals surface area contributed by atoms with Crippen molar-refractivity contribution in [1.82, 2.24) is 20.4 Å². The third kappa shape index (κ3) is 3.94. The number of carbonyl (C=O) groups excluding carboxylic acids is 1. The quantitative estimate of drug-likeness (QED) is 0.869. The number of urea groups is 1. The molecule has 8 heteroatoms. The van der Waals surface area contributed by atoms with Crippen LogP contribution in [0.15, 0.2) is 24.3 Å². The fourth-order valence-electron chi connectivity index (χ4n) is 3.59. The molecule has 2 aromatic rings. The number of hydrogen-bond donors (Lipinski definition) is 1. The van der Waals surface area contributed by atoms with E-state index in [0.717, 1.165) is 67.0 Å². The number of nitrogens with zero attached hydrogens (tertiary/aromatic N) is 4. The maximum atomic E-state index is 12.0. The van der Waals surface area contributed by atoms with Crippen LogP contribution in [0, 0.1) is 0 Å². The molecule has 1 aromatic heterocycles. The van der Waals surface area contributed by atoms with Crippen LogP contribution in [-0.4, -0.2) is 53.3 Å². The van der Waals surface area contributed by atoms with E-state index in [0.29, 0.717) is 6.04 Å². The first-order valence-corrected chi connectivity index (χ1v) is 10.2. The average molecular weight is 392 g/mol. The van der Waals surface area contributed by atoms with Crippen molar-refractivity contribution < 1.29 is 4.79 Å². The van der Waals surface area contributed by atoms with Crippen molar-refractivity contribution in [2.75, 3.05) is 31.1 Å². The van der Waals surface area contributed by atoms with Gasteiger partial charge >= 0.3 is 6.03 Å². The summed E-state index contributed by atoms with van der Waals surface area (Å²) < 4.78 is 0. The van der Waals surface area contributed by atoms with Gasteiger partial charge in [-0.2, -0.15) is 0 Å². The van der Waals surface area contributed by atoms with Crippen LogP contribution in [0.5, 0.6) is 0 Å². The number of benzene rings is 1. The second-order valence-electron chi connectivity index (χ2n) is 6.78. The van der Waals surface area contributed by atoms with Crippen LogP contribution < -0.4 is 10.2 Å². The molecule has 6 nitrogen and oxygen atoms in total. The molecule has 0 aliphatic carbocycles. The zero-order valence-corrected chi connectivity index (χ0v) is 16.1. The Morgan fingerprint density at radius 2 is 1.92 bits per heavy atom. The number of nitrogens with one attached hydrogen (secondary N) is 1. The van der Waals surface area contributed by atoms with Crippen LogP contribution in [0.2, 0.25) is 5.02 Å². The average Bonchev–Trinajstić information content (AvgIpc) is 3.13. The van der Waals surface area contributed by atoms with Crippen molar-refractivity contribution in [2.45, 2.75) is 31.7 Å². The first-order chi connectivity index (χ1) is 12.7. The summed E-state index contributed by atoms with van der Waals surface area (Å²) in [6.07, 6.45) is 3.79. The Balaban J connectivity index is 1.34. The molecule has 2 saturated heterocycles. The molecule has 26 heavy (non-hydrogen) atoms. The fraction of sp³-hybridized carbons (Fsp3) is 0.500. The minimum atomic E-state index is 0.0934. The molecule has 0 bridgehead atoms. The van der Waals surface area contributed by atoms with Gasteiger partial charge in [0.2, 0.25) is 5.13 Å². The number of carbonyl (C=O) groups is 1. The predicted molar refractivity (Wildman–Crippen MR) is 104 cm³/mol. The molecule has 0 radical (unpaired) electrons. The summed E-state index contributed by atoms with van der Waals surface area (Å²) in [5.41, 5.74) is 1.19. The first-order valence-electron chi connectivity index (χ1n) is 9.05. The second kappa shape index (κ2) is 7.80. The highest BCUT2D eigenvalue weighted by atomic mass is 35.5. The standard InChI is InChI=1S/C18H22ClN5OS/c19-14-4-2-13(3-5-14)12-16-21-22-18(26-16)23-10-6-15(7-11-23)24-9-1-8-20-17(24)25/h2-5,15H,1,6-12H2,(H,20,25). The van der Waals surface area contributed by atoms with Crippen LogP contribution in [0.1, 0.15) is 29.8 Å². The summed E-state index contributed by atoms with van der Waals surface area (Å²) in [5, 5.41) is 14.4. The Hall–Kier alpha value is -1.86. The number of amides is 2. The van der Waals surface area contributed by atoms with Crippen molar-refractivity contribution in [3.8, 4) is 0 Å². The van der Waals surface area contributed by atoms with Gasteiger partial charge in [-0.15, -0.1) is 10.2 Å². The zero-order valence-electron chi connectivity index (χ0n) is 14.5. The molecule has 4 rings (SSSR count). The van der Waals surface area contributed by atoms with E-state index in [9.17, 15) is 4.79 Å². The molecule has 0 saturated carbocycles. The van der Waals surface area contributed by atoms with E-state index in [1.807, 2.05) is 29.2 Å². The summed E-state index contributed by atoms with van der Waals surface area (Å²) in [7, 11) is 0. The SMILES string of the molecule is O=C1NCCCN1C1CCN(c2nnc(Cc3ccc(Cl)cc3)s2)CC1. The zero-order chi connectivity index (χ0) is 17.9. The third-order valence-corrected chi connectivity index (χ3v) is 6.25. The van der Waals surface area contributed by atoms with Crippen molar-refractivity contribution in [1.29, 1.82) is 0 Å². The lowest BCUT2D eigenvalue weighted by atomic mass is 10.0. The summed E-state index contributed by atoms with van der Waals surface area (Å²) in [6, 6.07) is 8.29. The van der Waals surface area contributed by atoms with Crippen molar-refractivity contribution in [3.63, 3.8) is 0 Å². The molecule has 2 fully saturated rings. The minimum absolute atomic E-state index is 0.0934. The predicted octanol–water partition coefficient (Wildman–Crippen LogP) is 3.17. The van der Waals surface area contributed by atoms with Gasteiger partial charge in [0.05, 0.1) is 0 Å². The van der Waals surface area contributed by atoms with Gasteiger partial charge in [-0.1, -0.05) is 35.1 Å². The van der Waals surface area contributed by atoms with Gasteiger partial charge in [-0.25, -0.2) is 4.79 Å². The highest BCUT2D eigenvalue weighted by molar-refractivity contribution is 7.15. The molecule has 138 valence electrons. The molecule has 0 unspecified atom stereocenters. The van der Waals surface area contributed by atoms with E-state index in [-0.39, 0.29) is 6.03 Å². The number of piperidine rings is 1. The lowest BCUT2D eigenvalue weighted by Crippen LogP contribution is -2.54. The van der Waals surface area contributed by atoms with Gasteiger partial charge in [-0.05, 0) is 37.0 Å². The first kappa shape index (κ1) is 17.5. The van der Waals surface area contributed by atoms with E-state index in [1.165, 1.54) is 5.56 Å². The molecular weight excluding hydrogens is 370 g/mol. The largest absolute Gasteiger partial charge is 0.347 e. The maximum Gasteiger partial charge on any atom is 0.317 e. The lowest BCUT2D eigenvalue weighted by molar-refractivity contribution is 0.149. The summed E-state index contributed by atoms with van der Waals surface area (Å²) in [4.78, 5) is 16.3. The topological polar surface area (TPSA) is 61.4 Å². The number of aromatic nitrogens is 2.